The van der Waals surface area contributed by atoms with Crippen LogP contribution in [0.4, 0.5) is 0 Å². The highest BCUT2D eigenvalue weighted by Crippen LogP contribution is 2.69. The molecule has 0 bridgehead atoms. The summed E-state index contributed by atoms with van der Waals surface area (Å²) < 4.78 is 0. The van der Waals surface area contributed by atoms with E-state index in [-0.39, 0.29) is 21.7 Å². The van der Waals surface area contributed by atoms with Gasteiger partial charge in [0.15, 0.2) is 0 Å². The zero-order valence-corrected chi connectivity index (χ0v) is 22.7. The zero-order valence-electron chi connectivity index (χ0n) is 22.7. The Kier molecular flexibility index (Phi) is 7.75. The molecule has 6 atom stereocenters. The second-order valence-corrected chi connectivity index (χ2v) is 12.5. The summed E-state index contributed by atoms with van der Waals surface area (Å²) >= 11 is 0. The standard InChI is InChI=1S/C30H52N2O2/c1-5-9-17-27(7-3)21-31-25(33)29(27)19-13-11-15-23(29)24-16-12-14-20-30(24)26(34)32-22-28(30,8-4)18-10-6-2/h23-24H,5-22H2,1-4H3,(H,31,33)(H,32,34). The van der Waals surface area contributed by atoms with Crippen molar-refractivity contribution in [2.75, 3.05) is 13.1 Å². The van der Waals surface area contributed by atoms with E-state index >= 15 is 0 Å². The molecule has 2 heterocycles. The van der Waals surface area contributed by atoms with Crippen molar-refractivity contribution in [2.45, 2.75) is 130 Å². The average Bonchev–Trinajstić information content (AvgIpc) is 3.30. The van der Waals surface area contributed by atoms with Gasteiger partial charge in [-0.2, -0.15) is 0 Å². The highest BCUT2D eigenvalue weighted by Gasteiger charge is 2.70. The van der Waals surface area contributed by atoms with Gasteiger partial charge < -0.3 is 10.6 Å². The fourth-order valence-corrected chi connectivity index (χ4v) is 9.87. The molecule has 0 aromatic rings. The number of hydrogen-bond acceptors (Lipinski definition) is 2. The molecule has 6 unspecified atom stereocenters. The molecule has 2 amide bonds. The predicted octanol–water partition coefficient (Wildman–Crippen LogP) is 6.77. The molecule has 34 heavy (non-hydrogen) atoms. The van der Waals surface area contributed by atoms with Gasteiger partial charge in [0.05, 0.1) is 10.8 Å². The number of carbonyl (C=O) groups is 2. The third kappa shape index (κ3) is 3.51. The predicted molar refractivity (Wildman–Crippen MR) is 139 cm³/mol. The normalized spacial score (nSPS) is 42.4. The average molecular weight is 473 g/mol. The SMILES string of the molecule is CCCCC1(CC)CNC(=O)C12CCCCC2C1CCCCC12C(=O)NCC2(CC)CCCC. The van der Waals surface area contributed by atoms with Crippen molar-refractivity contribution in [2.24, 2.45) is 33.5 Å². The lowest BCUT2D eigenvalue weighted by Gasteiger charge is -2.59. The Balaban J connectivity index is 1.84. The first-order valence-corrected chi connectivity index (χ1v) is 15.0. The molecule has 4 aliphatic rings. The number of amides is 2. The van der Waals surface area contributed by atoms with E-state index in [9.17, 15) is 9.59 Å². The van der Waals surface area contributed by atoms with Crippen LogP contribution in [0.3, 0.4) is 0 Å². The fourth-order valence-electron chi connectivity index (χ4n) is 9.87. The monoisotopic (exact) mass is 472 g/mol. The van der Waals surface area contributed by atoms with E-state index in [2.05, 4.69) is 38.3 Å². The molecule has 2 spiro atoms. The van der Waals surface area contributed by atoms with Crippen LogP contribution in [0.5, 0.6) is 0 Å². The second-order valence-electron chi connectivity index (χ2n) is 12.5. The van der Waals surface area contributed by atoms with Crippen LogP contribution in [0.1, 0.15) is 130 Å². The van der Waals surface area contributed by atoms with Crippen LogP contribution in [0, 0.1) is 33.5 Å². The highest BCUT2D eigenvalue weighted by atomic mass is 16.2. The molecular weight excluding hydrogens is 420 g/mol. The molecule has 2 saturated heterocycles. The Bertz CT molecular complexity index is 690. The minimum Gasteiger partial charge on any atom is -0.355 e. The zero-order chi connectivity index (χ0) is 24.5. The molecular formula is C30H52N2O2. The van der Waals surface area contributed by atoms with Gasteiger partial charge in [-0.05, 0) is 63.2 Å². The number of rotatable bonds is 9. The molecule has 0 aromatic carbocycles. The maximum absolute atomic E-state index is 14.0. The van der Waals surface area contributed by atoms with E-state index in [1.165, 1.54) is 51.4 Å². The topological polar surface area (TPSA) is 58.2 Å². The highest BCUT2D eigenvalue weighted by molar-refractivity contribution is 5.89. The molecule has 4 nitrogen and oxygen atoms in total. The van der Waals surface area contributed by atoms with E-state index in [1.54, 1.807) is 0 Å². The van der Waals surface area contributed by atoms with Crippen molar-refractivity contribution in [1.29, 1.82) is 0 Å². The van der Waals surface area contributed by atoms with Crippen molar-refractivity contribution < 1.29 is 9.59 Å². The number of hydrogen-bond donors (Lipinski definition) is 2. The summed E-state index contributed by atoms with van der Waals surface area (Å²) in [6.45, 7) is 10.9. The summed E-state index contributed by atoms with van der Waals surface area (Å²) in [6.07, 6.45) is 18.3. The van der Waals surface area contributed by atoms with Gasteiger partial charge in [0.2, 0.25) is 11.8 Å². The summed E-state index contributed by atoms with van der Waals surface area (Å²) in [5, 5.41) is 6.84. The van der Waals surface area contributed by atoms with Crippen LogP contribution in [-0.2, 0) is 9.59 Å². The molecule has 4 rings (SSSR count). The van der Waals surface area contributed by atoms with Crippen LogP contribution in [0.15, 0.2) is 0 Å². The largest absolute Gasteiger partial charge is 0.355 e. The number of unbranched alkanes of at least 4 members (excludes halogenated alkanes) is 2. The Morgan fingerprint density at radius 2 is 1.09 bits per heavy atom. The van der Waals surface area contributed by atoms with Gasteiger partial charge in [0, 0.05) is 23.9 Å². The van der Waals surface area contributed by atoms with Gasteiger partial charge in [-0.1, -0.05) is 79.1 Å². The first-order valence-electron chi connectivity index (χ1n) is 15.0. The van der Waals surface area contributed by atoms with Crippen molar-refractivity contribution in [3.63, 3.8) is 0 Å². The van der Waals surface area contributed by atoms with E-state index in [0.29, 0.717) is 23.7 Å². The second kappa shape index (κ2) is 10.1. The third-order valence-corrected chi connectivity index (χ3v) is 11.7. The lowest BCUT2D eigenvalue weighted by atomic mass is 9.42. The minimum absolute atomic E-state index is 0.0528. The summed E-state index contributed by atoms with van der Waals surface area (Å²) in [5.74, 6) is 1.37. The van der Waals surface area contributed by atoms with Crippen molar-refractivity contribution in [1.82, 2.24) is 10.6 Å². The Hall–Kier alpha value is -1.06. The summed E-state index contributed by atoms with van der Waals surface area (Å²) in [6, 6.07) is 0. The van der Waals surface area contributed by atoms with Crippen molar-refractivity contribution >= 4 is 11.8 Å². The minimum atomic E-state index is -0.280. The van der Waals surface area contributed by atoms with E-state index < -0.39 is 0 Å². The molecule has 0 radical (unpaired) electrons. The van der Waals surface area contributed by atoms with Gasteiger partial charge in [0.25, 0.3) is 0 Å². The lowest BCUT2D eigenvalue weighted by Crippen LogP contribution is -2.60. The van der Waals surface area contributed by atoms with Crippen molar-refractivity contribution in [3.8, 4) is 0 Å². The maximum Gasteiger partial charge on any atom is 0.227 e. The number of carbonyl (C=O) groups excluding carboxylic acids is 2. The van der Waals surface area contributed by atoms with Gasteiger partial charge in [-0.3, -0.25) is 9.59 Å². The van der Waals surface area contributed by atoms with Crippen LogP contribution >= 0.6 is 0 Å². The molecule has 2 aliphatic carbocycles. The van der Waals surface area contributed by atoms with Gasteiger partial charge in [-0.15, -0.1) is 0 Å². The molecule has 2 saturated carbocycles. The first-order chi connectivity index (χ1) is 16.4. The van der Waals surface area contributed by atoms with Gasteiger partial charge in [-0.25, -0.2) is 0 Å². The van der Waals surface area contributed by atoms with Crippen molar-refractivity contribution in [3.05, 3.63) is 0 Å². The molecule has 2 aliphatic heterocycles. The van der Waals surface area contributed by atoms with Gasteiger partial charge in [0.1, 0.15) is 0 Å². The van der Waals surface area contributed by atoms with Crippen LogP contribution in [-0.4, -0.2) is 24.9 Å². The van der Waals surface area contributed by atoms with Crippen LogP contribution in [0.25, 0.3) is 0 Å². The van der Waals surface area contributed by atoms with Crippen LogP contribution < -0.4 is 10.6 Å². The molecule has 0 aromatic heterocycles. The summed E-state index contributed by atoms with van der Waals surface area (Å²) in [7, 11) is 0. The Morgan fingerprint density at radius 3 is 1.44 bits per heavy atom. The smallest absolute Gasteiger partial charge is 0.227 e. The fraction of sp³-hybridized carbons (Fsp3) is 0.933. The quantitative estimate of drug-likeness (QED) is 0.389. The third-order valence-electron chi connectivity index (χ3n) is 11.7. The van der Waals surface area contributed by atoms with E-state index in [1.807, 2.05) is 0 Å². The van der Waals surface area contributed by atoms with E-state index in [0.717, 1.165) is 64.5 Å². The molecule has 194 valence electrons. The molecule has 4 heteroatoms. The van der Waals surface area contributed by atoms with Crippen LogP contribution in [0.2, 0.25) is 0 Å². The summed E-state index contributed by atoms with van der Waals surface area (Å²) in [5.41, 5.74) is -0.455. The van der Waals surface area contributed by atoms with Gasteiger partial charge >= 0.3 is 0 Å². The molecule has 2 N–H and O–H groups in total. The molecule has 4 fully saturated rings. The lowest BCUT2D eigenvalue weighted by molar-refractivity contribution is -0.166. The first kappa shape index (κ1) is 26.0. The Morgan fingerprint density at radius 1 is 0.676 bits per heavy atom. The Labute approximate surface area is 209 Å². The maximum atomic E-state index is 14.0. The van der Waals surface area contributed by atoms with E-state index in [4.69, 9.17) is 0 Å². The summed E-state index contributed by atoms with van der Waals surface area (Å²) in [4.78, 5) is 28.0. The number of nitrogens with one attached hydrogen (secondary N) is 2.